The fourth-order valence-corrected chi connectivity index (χ4v) is 2.43. The number of hydrogen-bond acceptors (Lipinski definition) is 3. The average Bonchev–Trinajstić information content (AvgIpc) is 2.93. The predicted molar refractivity (Wildman–Crippen MR) is 69.1 cm³/mol. The Bertz CT molecular complexity index is 581. The fraction of sp³-hybridized carbons (Fsp3) is 0.385. The number of rotatable bonds is 1. The third kappa shape index (κ3) is 1.67. The first-order valence-electron chi connectivity index (χ1n) is 6.15. The van der Waals surface area contributed by atoms with Crippen molar-refractivity contribution in [3.63, 3.8) is 0 Å². The van der Waals surface area contributed by atoms with Crippen molar-refractivity contribution in [2.45, 2.75) is 13.0 Å². The van der Waals surface area contributed by atoms with Crippen LogP contribution < -0.4 is 5.73 Å². The van der Waals surface area contributed by atoms with Crippen LogP contribution >= 0.6 is 0 Å². The predicted octanol–water partition coefficient (Wildman–Crippen LogP) is 0.982. The van der Waals surface area contributed by atoms with Crippen molar-refractivity contribution in [1.29, 1.82) is 0 Å². The van der Waals surface area contributed by atoms with Crippen molar-refractivity contribution in [3.8, 4) is 0 Å². The van der Waals surface area contributed by atoms with Gasteiger partial charge >= 0.3 is 0 Å². The molecular formula is C13H16N4O. The number of likely N-dealkylation sites (tertiary alicyclic amines) is 1. The monoisotopic (exact) mass is 244 g/mol. The Kier molecular flexibility index (Phi) is 2.56. The maximum Gasteiger partial charge on any atom is 0.275 e. The van der Waals surface area contributed by atoms with E-state index in [1.54, 1.807) is 4.90 Å². The Balaban J connectivity index is 1.93. The van der Waals surface area contributed by atoms with E-state index >= 15 is 0 Å². The molecule has 0 aliphatic carbocycles. The van der Waals surface area contributed by atoms with Gasteiger partial charge in [0, 0.05) is 24.5 Å². The second-order valence-corrected chi connectivity index (χ2v) is 4.97. The third-order valence-corrected chi connectivity index (χ3v) is 3.63. The van der Waals surface area contributed by atoms with Crippen LogP contribution in [0.3, 0.4) is 0 Å². The highest BCUT2D eigenvalue weighted by Crippen LogP contribution is 2.21. The summed E-state index contributed by atoms with van der Waals surface area (Å²) in [6.07, 6.45) is 0. The molecule has 2 heterocycles. The zero-order valence-electron chi connectivity index (χ0n) is 10.3. The SMILES string of the molecule is CC1CN(C(=O)c2n[nH]c3ccccc23)CC1N. The number of carbonyl (C=O) groups is 1. The van der Waals surface area contributed by atoms with Gasteiger partial charge < -0.3 is 10.6 Å². The number of benzene rings is 1. The maximum absolute atomic E-state index is 12.4. The number of fused-ring (bicyclic) bond motifs is 1. The Morgan fingerprint density at radius 3 is 2.94 bits per heavy atom. The molecule has 3 rings (SSSR count). The fourth-order valence-electron chi connectivity index (χ4n) is 2.43. The molecule has 5 heteroatoms. The summed E-state index contributed by atoms with van der Waals surface area (Å²) in [6.45, 7) is 3.39. The molecule has 5 nitrogen and oxygen atoms in total. The molecular weight excluding hydrogens is 228 g/mol. The molecule has 1 fully saturated rings. The van der Waals surface area contributed by atoms with Gasteiger partial charge in [0.2, 0.25) is 0 Å². The second kappa shape index (κ2) is 4.10. The lowest BCUT2D eigenvalue weighted by Gasteiger charge is -2.14. The van der Waals surface area contributed by atoms with E-state index in [1.807, 2.05) is 24.3 Å². The number of carbonyl (C=O) groups excluding carboxylic acids is 1. The highest BCUT2D eigenvalue weighted by molar-refractivity contribution is 6.04. The van der Waals surface area contributed by atoms with Gasteiger partial charge in [0.1, 0.15) is 0 Å². The number of nitrogens with zero attached hydrogens (tertiary/aromatic N) is 2. The van der Waals surface area contributed by atoms with E-state index in [1.165, 1.54) is 0 Å². The molecule has 94 valence electrons. The van der Waals surface area contributed by atoms with E-state index in [-0.39, 0.29) is 11.9 Å². The number of amides is 1. The van der Waals surface area contributed by atoms with Gasteiger partial charge in [-0.2, -0.15) is 5.10 Å². The molecule has 1 aromatic heterocycles. The molecule has 3 N–H and O–H groups in total. The normalized spacial score (nSPS) is 23.8. The Hall–Kier alpha value is -1.88. The van der Waals surface area contributed by atoms with Gasteiger partial charge in [-0.15, -0.1) is 0 Å². The van der Waals surface area contributed by atoms with Crippen LogP contribution in [-0.4, -0.2) is 40.1 Å². The summed E-state index contributed by atoms with van der Waals surface area (Å²) in [7, 11) is 0. The van der Waals surface area contributed by atoms with Crippen molar-refractivity contribution in [2.75, 3.05) is 13.1 Å². The molecule has 1 amide bonds. The van der Waals surface area contributed by atoms with Crippen LogP contribution in [0.4, 0.5) is 0 Å². The van der Waals surface area contributed by atoms with Gasteiger partial charge in [0.25, 0.3) is 5.91 Å². The van der Waals surface area contributed by atoms with Gasteiger partial charge in [-0.3, -0.25) is 9.89 Å². The highest BCUT2D eigenvalue weighted by Gasteiger charge is 2.31. The van der Waals surface area contributed by atoms with Crippen LogP contribution in [0.25, 0.3) is 10.9 Å². The van der Waals surface area contributed by atoms with Crippen molar-refractivity contribution in [1.82, 2.24) is 15.1 Å². The molecule has 2 unspecified atom stereocenters. The summed E-state index contributed by atoms with van der Waals surface area (Å²) in [4.78, 5) is 14.2. The lowest BCUT2D eigenvalue weighted by Crippen LogP contribution is -2.32. The van der Waals surface area contributed by atoms with E-state index in [2.05, 4.69) is 17.1 Å². The highest BCUT2D eigenvalue weighted by atomic mass is 16.2. The van der Waals surface area contributed by atoms with Gasteiger partial charge in [0.05, 0.1) is 5.52 Å². The molecule has 2 aromatic rings. The minimum absolute atomic E-state index is 0.0350. The molecule has 18 heavy (non-hydrogen) atoms. The first kappa shape index (κ1) is 11.2. The molecule has 0 bridgehead atoms. The largest absolute Gasteiger partial charge is 0.335 e. The summed E-state index contributed by atoms with van der Waals surface area (Å²) < 4.78 is 0. The summed E-state index contributed by atoms with van der Waals surface area (Å²) in [5.74, 6) is 0.311. The Morgan fingerprint density at radius 2 is 2.22 bits per heavy atom. The van der Waals surface area contributed by atoms with Crippen LogP contribution in [0.1, 0.15) is 17.4 Å². The molecule has 1 aliphatic rings. The number of aromatic nitrogens is 2. The van der Waals surface area contributed by atoms with Crippen molar-refractivity contribution >= 4 is 16.8 Å². The van der Waals surface area contributed by atoms with E-state index in [9.17, 15) is 4.79 Å². The summed E-state index contributed by atoms with van der Waals surface area (Å²) in [6, 6.07) is 7.72. The first-order valence-corrected chi connectivity index (χ1v) is 6.15. The lowest BCUT2D eigenvalue weighted by molar-refractivity contribution is 0.0783. The van der Waals surface area contributed by atoms with E-state index < -0.39 is 0 Å². The van der Waals surface area contributed by atoms with Crippen molar-refractivity contribution in [3.05, 3.63) is 30.0 Å². The minimum atomic E-state index is -0.0350. The topological polar surface area (TPSA) is 75.0 Å². The van der Waals surface area contributed by atoms with Gasteiger partial charge in [-0.05, 0) is 12.0 Å². The smallest absolute Gasteiger partial charge is 0.275 e. The second-order valence-electron chi connectivity index (χ2n) is 4.97. The Morgan fingerprint density at radius 1 is 1.44 bits per heavy atom. The summed E-state index contributed by atoms with van der Waals surface area (Å²) in [5.41, 5.74) is 7.33. The quantitative estimate of drug-likeness (QED) is 0.785. The van der Waals surface area contributed by atoms with E-state index in [0.29, 0.717) is 24.7 Å². The number of H-pyrrole nitrogens is 1. The number of hydrogen-bond donors (Lipinski definition) is 2. The molecule has 1 aromatic carbocycles. The standard InChI is InChI=1S/C13H16N4O/c1-8-6-17(7-10(8)14)13(18)12-9-4-2-3-5-11(9)15-16-12/h2-5,8,10H,6-7,14H2,1H3,(H,15,16). The van der Waals surface area contributed by atoms with Crippen molar-refractivity contribution < 1.29 is 4.79 Å². The third-order valence-electron chi connectivity index (χ3n) is 3.63. The summed E-state index contributed by atoms with van der Waals surface area (Å²) >= 11 is 0. The number of para-hydroxylation sites is 1. The van der Waals surface area contributed by atoms with Crippen LogP contribution in [0.15, 0.2) is 24.3 Å². The zero-order chi connectivity index (χ0) is 12.7. The molecule has 2 atom stereocenters. The van der Waals surface area contributed by atoms with Crippen LogP contribution in [-0.2, 0) is 0 Å². The number of nitrogens with one attached hydrogen (secondary N) is 1. The average molecular weight is 244 g/mol. The molecule has 0 spiro atoms. The van der Waals surface area contributed by atoms with Gasteiger partial charge in [-0.1, -0.05) is 25.1 Å². The first-order chi connectivity index (χ1) is 8.66. The Labute approximate surface area is 105 Å². The van der Waals surface area contributed by atoms with Gasteiger partial charge in [-0.25, -0.2) is 0 Å². The molecule has 1 aliphatic heterocycles. The summed E-state index contributed by atoms with van der Waals surface area (Å²) in [5, 5.41) is 7.89. The van der Waals surface area contributed by atoms with Crippen LogP contribution in [0.5, 0.6) is 0 Å². The molecule has 0 radical (unpaired) electrons. The van der Waals surface area contributed by atoms with Gasteiger partial charge in [0.15, 0.2) is 5.69 Å². The minimum Gasteiger partial charge on any atom is -0.335 e. The van der Waals surface area contributed by atoms with Crippen LogP contribution in [0.2, 0.25) is 0 Å². The lowest BCUT2D eigenvalue weighted by atomic mass is 10.1. The number of nitrogens with two attached hydrogens (primary N) is 1. The number of aromatic amines is 1. The van der Waals surface area contributed by atoms with E-state index in [4.69, 9.17) is 5.73 Å². The molecule has 1 saturated heterocycles. The molecule has 0 saturated carbocycles. The van der Waals surface area contributed by atoms with Crippen molar-refractivity contribution in [2.24, 2.45) is 11.7 Å². The van der Waals surface area contributed by atoms with Crippen LogP contribution in [0, 0.1) is 5.92 Å². The van der Waals surface area contributed by atoms with E-state index in [0.717, 1.165) is 10.9 Å². The maximum atomic E-state index is 12.4. The zero-order valence-corrected chi connectivity index (χ0v) is 10.3.